The van der Waals surface area contributed by atoms with Crippen LogP contribution in [0.25, 0.3) is 0 Å². The first-order chi connectivity index (χ1) is 18.8. The number of likely N-dealkylation sites (N-methyl/N-ethyl adjacent to an activating group) is 1. The van der Waals surface area contributed by atoms with Crippen LogP contribution in [0, 0.1) is 5.82 Å². The summed E-state index contributed by atoms with van der Waals surface area (Å²) in [5.74, 6) is -3.45. The second-order valence-corrected chi connectivity index (χ2v) is 12.1. The number of thiazole rings is 1. The van der Waals surface area contributed by atoms with Crippen LogP contribution in [0.2, 0.25) is 5.02 Å². The molecule has 1 aromatic heterocycles. The molecule has 1 saturated heterocycles. The van der Waals surface area contributed by atoms with E-state index in [-0.39, 0.29) is 16.9 Å². The number of carboxylic acid groups (broad SMARTS) is 1. The molecule has 3 aromatic rings. The van der Waals surface area contributed by atoms with E-state index >= 15 is 0 Å². The lowest BCUT2D eigenvalue weighted by atomic mass is 10.1. The summed E-state index contributed by atoms with van der Waals surface area (Å²) in [5.41, 5.74) is 4.81. The summed E-state index contributed by atoms with van der Waals surface area (Å²) in [6.07, 6.45) is -1.94. The summed E-state index contributed by atoms with van der Waals surface area (Å²) < 4.78 is 74.2. The van der Waals surface area contributed by atoms with Gasteiger partial charge in [0.15, 0.2) is 5.82 Å². The molecule has 2 aliphatic rings. The Morgan fingerprint density at radius 2 is 1.95 bits per heavy atom. The van der Waals surface area contributed by atoms with E-state index in [2.05, 4.69) is 38.9 Å². The van der Waals surface area contributed by atoms with E-state index in [9.17, 15) is 26.0 Å². The smallest absolute Gasteiger partial charge is 0.475 e. The number of aliphatic carboxylic acids is 1. The molecule has 2 N–H and O–H groups in total. The second kappa shape index (κ2) is 11.9. The number of benzene rings is 2. The minimum Gasteiger partial charge on any atom is -0.475 e. The maximum Gasteiger partial charge on any atom is 0.490 e. The van der Waals surface area contributed by atoms with Gasteiger partial charge in [0, 0.05) is 43.7 Å². The van der Waals surface area contributed by atoms with Crippen LogP contribution in [0.15, 0.2) is 52.2 Å². The molecule has 15 heteroatoms. The van der Waals surface area contributed by atoms with Gasteiger partial charge in [-0.1, -0.05) is 35.9 Å². The monoisotopic (exact) mass is 620 g/mol. The molecule has 40 heavy (non-hydrogen) atoms. The number of aromatic nitrogens is 1. The summed E-state index contributed by atoms with van der Waals surface area (Å²) in [6, 6.07) is 11.6. The minimum atomic E-state index is -5.08. The number of fused-ring (bicyclic) bond motifs is 1. The van der Waals surface area contributed by atoms with E-state index in [0.29, 0.717) is 11.7 Å². The molecule has 0 spiro atoms. The first kappa shape index (κ1) is 30.0. The number of anilines is 2. The summed E-state index contributed by atoms with van der Waals surface area (Å²) in [7, 11) is -2.25. The fourth-order valence-corrected chi connectivity index (χ4v) is 6.93. The molecule has 2 atom stereocenters. The molecule has 0 radical (unpaired) electrons. The number of carboxylic acids is 1. The fraction of sp³-hybridized carbons (Fsp3) is 0.360. The molecule has 8 nitrogen and oxygen atoms in total. The highest BCUT2D eigenvalue weighted by atomic mass is 35.5. The number of likely N-dealkylation sites (tertiary alicyclic amines) is 1. The van der Waals surface area contributed by atoms with Gasteiger partial charge < -0.3 is 10.0 Å². The predicted octanol–water partition coefficient (Wildman–Crippen LogP) is 5.57. The molecule has 0 bridgehead atoms. The van der Waals surface area contributed by atoms with Crippen LogP contribution in [0.4, 0.5) is 29.1 Å². The standard InChI is InChI=1S/C23H24ClFN4O2S2.C2HF3O2/c1-28(16-8-9-29(12-16)20-7-6-15-4-2-3-5-17(15)20)21-11-19(25)22(10-18(21)24)33(30,31)27-23-13-32-14-26-23;3-2(4,5)1(6)7/h2-5,10-11,13-14,16,20,27H,6-9,12H2,1H3;(H,6,7)/t16-,20?;/m0./s1. The first-order valence-electron chi connectivity index (χ1n) is 12.0. The molecular weight excluding hydrogens is 596 g/mol. The Kier molecular flexibility index (Phi) is 8.93. The second-order valence-electron chi connectivity index (χ2n) is 9.32. The van der Waals surface area contributed by atoms with Gasteiger partial charge >= 0.3 is 12.1 Å². The molecule has 2 aromatic carbocycles. The summed E-state index contributed by atoms with van der Waals surface area (Å²) in [6.45, 7) is 1.80. The van der Waals surface area contributed by atoms with Crippen LogP contribution in [0.1, 0.15) is 30.0 Å². The highest BCUT2D eigenvalue weighted by molar-refractivity contribution is 7.92. The summed E-state index contributed by atoms with van der Waals surface area (Å²) in [5, 5.41) is 8.86. The van der Waals surface area contributed by atoms with Crippen molar-refractivity contribution in [1.82, 2.24) is 9.88 Å². The molecule has 1 aliphatic heterocycles. The van der Waals surface area contributed by atoms with Crippen LogP contribution < -0.4 is 9.62 Å². The topological polar surface area (TPSA) is 103 Å². The molecule has 0 saturated carbocycles. The highest BCUT2D eigenvalue weighted by Gasteiger charge is 2.38. The van der Waals surface area contributed by atoms with Crippen LogP contribution in [0.3, 0.4) is 0 Å². The lowest BCUT2D eigenvalue weighted by Gasteiger charge is -2.30. The largest absolute Gasteiger partial charge is 0.490 e. The van der Waals surface area contributed by atoms with Gasteiger partial charge in [0.05, 0.1) is 16.2 Å². The third-order valence-corrected chi connectivity index (χ3v) is 9.13. The zero-order chi connectivity index (χ0) is 29.2. The Bertz CT molecular complexity index is 1470. The van der Waals surface area contributed by atoms with Crippen molar-refractivity contribution in [3.8, 4) is 0 Å². The van der Waals surface area contributed by atoms with Crippen molar-refractivity contribution in [3.05, 3.63) is 69.3 Å². The number of carbonyl (C=O) groups is 1. The van der Waals surface area contributed by atoms with Crippen LogP contribution in [-0.4, -0.2) is 61.7 Å². The maximum absolute atomic E-state index is 15.0. The molecule has 0 amide bonds. The van der Waals surface area contributed by atoms with E-state index in [1.165, 1.54) is 45.5 Å². The van der Waals surface area contributed by atoms with Gasteiger partial charge in [0.2, 0.25) is 0 Å². The Hall–Kier alpha value is -2.94. The molecule has 1 fully saturated rings. The van der Waals surface area contributed by atoms with Gasteiger partial charge in [-0.15, -0.1) is 11.3 Å². The molecule has 5 rings (SSSR count). The highest BCUT2D eigenvalue weighted by Crippen LogP contribution is 2.39. The summed E-state index contributed by atoms with van der Waals surface area (Å²) in [4.78, 5) is 16.8. The Morgan fingerprint density at radius 1 is 1.25 bits per heavy atom. The third-order valence-electron chi connectivity index (χ3n) is 6.87. The Labute approximate surface area is 237 Å². The SMILES string of the molecule is CN(c1cc(F)c(S(=O)(=O)Nc2cscn2)cc1Cl)[C@H]1CCN(C2CCc3ccccc32)C1.O=C(O)C(F)(F)F. The van der Waals surface area contributed by atoms with E-state index in [1.54, 1.807) is 0 Å². The van der Waals surface area contributed by atoms with Crippen LogP contribution >= 0.6 is 22.9 Å². The van der Waals surface area contributed by atoms with Gasteiger partial charge in [0.25, 0.3) is 10.0 Å². The molecule has 2 heterocycles. The Balaban J connectivity index is 0.000000470. The van der Waals surface area contributed by atoms with Gasteiger partial charge in [0.1, 0.15) is 10.7 Å². The van der Waals surface area contributed by atoms with Crippen LogP contribution in [0.5, 0.6) is 0 Å². The van der Waals surface area contributed by atoms with Crippen molar-refractivity contribution < 1.29 is 35.9 Å². The van der Waals surface area contributed by atoms with Crippen molar-refractivity contribution in [2.75, 3.05) is 29.8 Å². The fourth-order valence-electron chi connectivity index (χ4n) is 4.93. The number of aryl methyl sites for hydroxylation is 1. The van der Waals surface area contributed by atoms with Crippen molar-refractivity contribution in [3.63, 3.8) is 0 Å². The maximum atomic E-state index is 15.0. The van der Waals surface area contributed by atoms with Gasteiger partial charge in [-0.05, 0) is 36.5 Å². The van der Waals surface area contributed by atoms with Gasteiger partial charge in [-0.25, -0.2) is 22.6 Å². The number of alkyl halides is 3. The number of nitrogens with zero attached hydrogens (tertiary/aromatic N) is 3. The molecule has 216 valence electrons. The summed E-state index contributed by atoms with van der Waals surface area (Å²) >= 11 is 7.71. The first-order valence-corrected chi connectivity index (χ1v) is 14.8. The number of sulfonamides is 1. The van der Waals surface area contributed by atoms with Crippen LogP contribution in [-0.2, 0) is 21.2 Å². The van der Waals surface area contributed by atoms with E-state index in [0.717, 1.165) is 32.4 Å². The van der Waals surface area contributed by atoms with Crippen molar-refractivity contribution in [1.29, 1.82) is 0 Å². The number of hydrogen-bond acceptors (Lipinski definition) is 7. The lowest BCUT2D eigenvalue weighted by molar-refractivity contribution is -0.192. The molecule has 1 aliphatic carbocycles. The number of halogens is 5. The van der Waals surface area contributed by atoms with E-state index in [4.69, 9.17) is 21.5 Å². The predicted molar refractivity (Wildman–Crippen MR) is 144 cm³/mol. The molecule has 1 unspecified atom stereocenters. The normalized spacial score (nSPS) is 19.1. The Morgan fingerprint density at radius 3 is 2.60 bits per heavy atom. The van der Waals surface area contributed by atoms with Gasteiger partial charge in [-0.3, -0.25) is 9.62 Å². The number of nitrogens with one attached hydrogen (secondary N) is 1. The average molecular weight is 621 g/mol. The number of hydrogen-bond donors (Lipinski definition) is 2. The third kappa shape index (κ3) is 6.67. The van der Waals surface area contributed by atoms with Crippen molar-refractivity contribution in [2.45, 2.75) is 42.4 Å². The number of rotatable bonds is 6. The van der Waals surface area contributed by atoms with Gasteiger partial charge in [-0.2, -0.15) is 13.2 Å². The quantitative estimate of drug-likeness (QED) is 0.348. The minimum absolute atomic E-state index is 0.149. The molecular formula is C25H25ClF4N4O4S2. The zero-order valence-electron chi connectivity index (χ0n) is 21.0. The van der Waals surface area contributed by atoms with E-state index < -0.39 is 32.9 Å². The average Bonchev–Trinajstić information content (AvgIpc) is 3.65. The zero-order valence-corrected chi connectivity index (χ0v) is 23.4. The van der Waals surface area contributed by atoms with Crippen molar-refractivity contribution in [2.24, 2.45) is 0 Å². The van der Waals surface area contributed by atoms with E-state index in [1.807, 2.05) is 11.9 Å². The lowest BCUT2D eigenvalue weighted by Crippen LogP contribution is -2.35. The van der Waals surface area contributed by atoms with Crippen molar-refractivity contribution >= 4 is 50.4 Å².